The monoisotopic (exact) mass is 402 g/mol. The molecule has 0 saturated heterocycles. The molecule has 0 fully saturated rings. The summed E-state index contributed by atoms with van der Waals surface area (Å²) in [6.45, 7) is 0.673. The van der Waals surface area contributed by atoms with Crippen LogP contribution in [0.2, 0.25) is 0 Å². The number of nitrogens with zero attached hydrogens (tertiary/aromatic N) is 2. The van der Waals surface area contributed by atoms with Crippen molar-refractivity contribution < 1.29 is 9.59 Å². The Morgan fingerprint density at radius 3 is 2.78 bits per heavy atom. The molecule has 2 N–H and O–H groups in total. The molecule has 8 heteroatoms. The first-order chi connectivity index (χ1) is 13.2. The average Bonchev–Trinajstić information content (AvgIpc) is 3.17. The van der Waals surface area contributed by atoms with Gasteiger partial charge in [-0.05, 0) is 44.2 Å². The number of hydrogen-bond donors (Lipinski definition) is 2. The average molecular weight is 403 g/mol. The molecule has 0 aliphatic heterocycles. The van der Waals surface area contributed by atoms with Gasteiger partial charge in [0.05, 0.1) is 5.75 Å². The fourth-order valence-electron chi connectivity index (χ4n) is 2.74. The van der Waals surface area contributed by atoms with Crippen molar-refractivity contribution in [2.24, 2.45) is 0 Å². The molecule has 6 nitrogen and oxygen atoms in total. The third kappa shape index (κ3) is 6.48. The van der Waals surface area contributed by atoms with Crippen molar-refractivity contribution in [1.29, 1.82) is 0 Å². The molecule has 1 aromatic heterocycles. The summed E-state index contributed by atoms with van der Waals surface area (Å²) in [4.78, 5) is 24.1. The van der Waals surface area contributed by atoms with E-state index >= 15 is 0 Å². The first-order valence-corrected chi connectivity index (χ1v) is 10.8. The van der Waals surface area contributed by atoms with Crippen LogP contribution in [0.1, 0.15) is 41.9 Å². The van der Waals surface area contributed by atoms with Crippen LogP contribution in [0.25, 0.3) is 0 Å². The Labute approximate surface area is 166 Å². The van der Waals surface area contributed by atoms with Gasteiger partial charge in [0.25, 0.3) is 5.91 Å². The van der Waals surface area contributed by atoms with E-state index in [2.05, 4.69) is 26.9 Å². The molecular formula is C19H22N4O2S2. The summed E-state index contributed by atoms with van der Waals surface area (Å²) in [6, 6.07) is 9.19. The van der Waals surface area contributed by atoms with Gasteiger partial charge in [-0.15, -0.1) is 10.2 Å². The zero-order valence-electron chi connectivity index (χ0n) is 14.9. The number of amides is 2. The predicted octanol–water partition coefficient (Wildman–Crippen LogP) is 3.89. The van der Waals surface area contributed by atoms with Crippen molar-refractivity contribution >= 4 is 40.6 Å². The highest BCUT2D eigenvalue weighted by atomic mass is 32.2. The first-order valence-electron chi connectivity index (χ1n) is 8.98. The van der Waals surface area contributed by atoms with Crippen molar-refractivity contribution in [3.63, 3.8) is 0 Å². The fraction of sp³-hybridized carbons (Fsp3) is 0.368. The standard InChI is InChI=1S/C19H22N4O2S2/c24-16(20-12-11-14-7-3-1-4-8-14)13-26-19-23-22-18(27-19)17(25)21-15-9-5-2-6-10-15/h2,5-7,9-10H,1,3-4,8,11-13H2,(H,20,24)(H,21,25). The van der Waals surface area contributed by atoms with Crippen LogP contribution in [0, 0.1) is 0 Å². The lowest BCUT2D eigenvalue weighted by Gasteiger charge is -2.12. The van der Waals surface area contributed by atoms with Crippen molar-refractivity contribution in [2.75, 3.05) is 17.6 Å². The zero-order valence-corrected chi connectivity index (χ0v) is 16.6. The molecule has 27 heavy (non-hydrogen) atoms. The minimum atomic E-state index is -0.296. The van der Waals surface area contributed by atoms with Gasteiger partial charge < -0.3 is 10.6 Å². The third-order valence-electron chi connectivity index (χ3n) is 4.11. The Kier molecular flexibility index (Phi) is 7.41. The number of carbonyl (C=O) groups is 2. The topological polar surface area (TPSA) is 84.0 Å². The smallest absolute Gasteiger partial charge is 0.286 e. The summed E-state index contributed by atoms with van der Waals surface area (Å²) in [5.41, 5.74) is 2.16. The minimum Gasteiger partial charge on any atom is -0.355 e. The normalized spacial score (nSPS) is 13.7. The van der Waals surface area contributed by atoms with Crippen molar-refractivity contribution in [2.45, 2.75) is 36.4 Å². The maximum atomic E-state index is 12.2. The third-order valence-corrected chi connectivity index (χ3v) is 6.17. The van der Waals surface area contributed by atoms with E-state index in [-0.39, 0.29) is 22.6 Å². The van der Waals surface area contributed by atoms with E-state index in [4.69, 9.17) is 0 Å². The van der Waals surface area contributed by atoms with E-state index in [1.165, 1.54) is 41.5 Å². The van der Waals surface area contributed by atoms with Crippen molar-refractivity contribution in [3.8, 4) is 0 Å². The molecule has 1 heterocycles. The Hall–Kier alpha value is -2.19. The summed E-state index contributed by atoms with van der Waals surface area (Å²) >= 11 is 2.49. The van der Waals surface area contributed by atoms with E-state index in [0.29, 0.717) is 16.6 Å². The SMILES string of the molecule is O=C(CSc1nnc(C(=O)Nc2ccccc2)s1)NCCC1=CCCCC1. The van der Waals surface area contributed by atoms with Gasteiger partial charge in [-0.3, -0.25) is 9.59 Å². The van der Waals surface area contributed by atoms with Crippen LogP contribution in [0.4, 0.5) is 5.69 Å². The number of carbonyl (C=O) groups excluding carboxylic acids is 2. The maximum Gasteiger partial charge on any atom is 0.286 e. The van der Waals surface area contributed by atoms with Crippen molar-refractivity contribution in [3.05, 3.63) is 47.0 Å². The number of benzene rings is 1. The van der Waals surface area contributed by atoms with Gasteiger partial charge in [-0.25, -0.2) is 0 Å². The quantitative estimate of drug-likeness (QED) is 0.517. The summed E-state index contributed by atoms with van der Waals surface area (Å²) in [5.74, 6) is -0.0498. The molecule has 0 bridgehead atoms. The lowest BCUT2D eigenvalue weighted by atomic mass is 9.97. The van der Waals surface area contributed by atoms with Crippen LogP contribution in [0.15, 0.2) is 46.3 Å². The molecule has 0 spiro atoms. The molecule has 3 rings (SSSR count). The van der Waals surface area contributed by atoms with Gasteiger partial charge in [-0.1, -0.05) is 52.9 Å². The van der Waals surface area contributed by atoms with Crippen LogP contribution in [-0.4, -0.2) is 34.3 Å². The van der Waals surface area contributed by atoms with Gasteiger partial charge in [0.15, 0.2) is 4.34 Å². The zero-order chi connectivity index (χ0) is 18.9. The Morgan fingerprint density at radius 1 is 1.15 bits per heavy atom. The number of thioether (sulfide) groups is 1. The van der Waals surface area contributed by atoms with Crippen LogP contribution in [-0.2, 0) is 4.79 Å². The number of allylic oxidation sites excluding steroid dienone is 1. The molecule has 0 unspecified atom stereocenters. The summed E-state index contributed by atoms with van der Waals surface area (Å²) in [5, 5.41) is 13.9. The second-order valence-electron chi connectivity index (χ2n) is 6.19. The van der Waals surface area contributed by atoms with E-state index in [0.717, 1.165) is 19.3 Å². The first kappa shape index (κ1) is 19.6. The molecule has 0 atom stereocenters. The van der Waals surface area contributed by atoms with E-state index in [9.17, 15) is 9.59 Å². The second kappa shape index (κ2) is 10.2. The highest BCUT2D eigenvalue weighted by Gasteiger charge is 2.14. The molecule has 142 valence electrons. The highest BCUT2D eigenvalue weighted by molar-refractivity contribution is 8.01. The number of aromatic nitrogens is 2. The van der Waals surface area contributed by atoms with Gasteiger partial charge in [0.2, 0.25) is 10.9 Å². The number of anilines is 1. The Morgan fingerprint density at radius 2 is 2.00 bits per heavy atom. The highest BCUT2D eigenvalue weighted by Crippen LogP contribution is 2.23. The van der Waals surface area contributed by atoms with E-state index in [1.54, 1.807) is 0 Å². The molecular weight excluding hydrogens is 380 g/mol. The summed E-state index contributed by atoms with van der Waals surface area (Å²) < 4.78 is 0.610. The van der Waals surface area contributed by atoms with E-state index in [1.807, 2.05) is 30.3 Å². The molecule has 2 amide bonds. The van der Waals surface area contributed by atoms with Crippen LogP contribution in [0.5, 0.6) is 0 Å². The number of nitrogens with one attached hydrogen (secondary N) is 2. The van der Waals surface area contributed by atoms with E-state index < -0.39 is 0 Å². The Balaban J connectivity index is 1.39. The second-order valence-corrected chi connectivity index (χ2v) is 8.39. The maximum absolute atomic E-state index is 12.2. The van der Waals surface area contributed by atoms with Gasteiger partial charge in [0, 0.05) is 12.2 Å². The lowest BCUT2D eigenvalue weighted by molar-refractivity contribution is -0.118. The molecule has 1 aliphatic carbocycles. The summed E-state index contributed by atoms with van der Waals surface area (Å²) in [6.07, 6.45) is 8.08. The van der Waals surface area contributed by atoms with Crippen LogP contribution in [0.3, 0.4) is 0 Å². The van der Waals surface area contributed by atoms with Gasteiger partial charge in [0.1, 0.15) is 0 Å². The number of hydrogen-bond acceptors (Lipinski definition) is 6. The van der Waals surface area contributed by atoms with Crippen LogP contribution >= 0.6 is 23.1 Å². The molecule has 2 aromatic rings. The summed E-state index contributed by atoms with van der Waals surface area (Å²) in [7, 11) is 0. The predicted molar refractivity (Wildman–Crippen MR) is 109 cm³/mol. The molecule has 0 saturated carbocycles. The molecule has 0 radical (unpaired) electrons. The Bertz CT molecular complexity index is 805. The fourth-order valence-corrected chi connectivity index (χ4v) is 4.32. The molecule has 1 aliphatic rings. The van der Waals surface area contributed by atoms with Crippen LogP contribution < -0.4 is 10.6 Å². The minimum absolute atomic E-state index is 0.0260. The molecule has 1 aromatic carbocycles. The lowest BCUT2D eigenvalue weighted by Crippen LogP contribution is -2.26. The van der Waals surface area contributed by atoms with Gasteiger partial charge in [-0.2, -0.15) is 0 Å². The number of para-hydroxylation sites is 1. The largest absolute Gasteiger partial charge is 0.355 e. The van der Waals surface area contributed by atoms with Crippen molar-refractivity contribution in [1.82, 2.24) is 15.5 Å². The van der Waals surface area contributed by atoms with Gasteiger partial charge >= 0.3 is 0 Å². The number of rotatable bonds is 8.